The Morgan fingerprint density at radius 3 is 0.883 bits per heavy atom. The maximum absolute atomic E-state index is 2.56. The highest BCUT2D eigenvalue weighted by Crippen LogP contribution is 2.46. The molecule has 21 atom stereocenters. The first kappa shape index (κ1) is 74.9. The van der Waals surface area contributed by atoms with E-state index in [0.717, 1.165) is 125 Å². The monoisotopic (exact) mass is 1080 g/mol. The van der Waals surface area contributed by atoms with Crippen molar-refractivity contribution in [3.8, 4) is 0 Å². The van der Waals surface area contributed by atoms with Crippen molar-refractivity contribution in [2.75, 3.05) is 58.9 Å². The van der Waals surface area contributed by atoms with Crippen molar-refractivity contribution in [2.45, 2.75) is 303 Å². The smallest absolute Gasteiger partial charge is 0.0892 e. The van der Waals surface area contributed by atoms with Crippen LogP contribution in [0.1, 0.15) is 261 Å². The van der Waals surface area contributed by atoms with E-state index < -0.39 is 0 Å². The molecule has 0 aromatic rings. The third-order valence-electron chi connectivity index (χ3n) is 27.9. The van der Waals surface area contributed by atoms with Gasteiger partial charge in [-0.3, -0.25) is 0 Å². The first-order valence-electron chi connectivity index (χ1n) is 33.8. The molecule has 8 rings (SSSR count). The van der Waals surface area contributed by atoms with Crippen molar-refractivity contribution in [1.29, 1.82) is 0 Å². The number of rotatable bonds is 0. The first-order valence-corrected chi connectivity index (χ1v) is 33.8. The van der Waals surface area contributed by atoms with Gasteiger partial charge in [0.1, 0.15) is 0 Å². The van der Waals surface area contributed by atoms with Crippen LogP contribution in [-0.2, 0) is 0 Å². The molecule has 462 valence electrons. The minimum Gasteiger partial charge on any atom is -0.358 e. The Bertz CT molecular complexity index is 1520. The standard InChI is InChI=1S/C18H36N.3C17H34N.4CH3/c1-13-14(2)16(4)18(6)19(17(5)15(13)3)11-9-7-8-10-12-19;1-13-12-18(10-8-6-7-9-11-18)17(5)16(4)15(3)14(13)2;1-13-12-14(2)18(10-8-6-7-9-11-18)17(5)16(4)15(13)3;1-13-12-14(2)16(4)18(17(5)15(13)3)10-8-6-7-9-11-18;;;;/h13-18H,7-12H2,1-6H3;3*13-17H,6-12H2,1-5H3;4*1H3/q4*+1;4*-1. The fourth-order valence-electron chi connectivity index (χ4n) is 19.8. The summed E-state index contributed by atoms with van der Waals surface area (Å²) in [6.07, 6.45) is 26.3. The lowest BCUT2D eigenvalue weighted by Gasteiger charge is -2.50. The highest BCUT2D eigenvalue weighted by molar-refractivity contribution is 4.87. The molecule has 0 amide bonds. The van der Waals surface area contributed by atoms with Crippen molar-refractivity contribution in [1.82, 2.24) is 0 Å². The Morgan fingerprint density at radius 2 is 0.481 bits per heavy atom. The van der Waals surface area contributed by atoms with Crippen LogP contribution >= 0.6 is 0 Å². The van der Waals surface area contributed by atoms with Crippen LogP contribution < -0.4 is 0 Å². The summed E-state index contributed by atoms with van der Waals surface area (Å²) in [4.78, 5) is 0. The van der Waals surface area contributed by atoms with E-state index in [1.807, 2.05) is 0 Å². The van der Waals surface area contributed by atoms with Crippen molar-refractivity contribution < 1.29 is 17.9 Å². The molecular weight excluding hydrogens is 933 g/mol. The van der Waals surface area contributed by atoms with Gasteiger partial charge in [0, 0.05) is 47.8 Å². The zero-order valence-corrected chi connectivity index (χ0v) is 58.0. The van der Waals surface area contributed by atoms with Gasteiger partial charge < -0.3 is 47.6 Å². The van der Waals surface area contributed by atoms with Gasteiger partial charge in [-0.25, -0.2) is 0 Å². The minimum atomic E-state index is 0. The molecule has 8 heterocycles. The fraction of sp³-hybridized carbons (Fsp3) is 0.945. The lowest BCUT2D eigenvalue weighted by Crippen LogP contribution is -2.62. The molecule has 0 aromatic carbocycles. The van der Waals surface area contributed by atoms with E-state index in [0.29, 0.717) is 0 Å². The van der Waals surface area contributed by atoms with E-state index in [2.05, 4.69) is 145 Å². The van der Waals surface area contributed by atoms with Gasteiger partial charge in [0.15, 0.2) is 0 Å². The predicted molar refractivity (Wildman–Crippen MR) is 348 cm³/mol. The molecule has 8 aliphatic rings. The van der Waals surface area contributed by atoms with Gasteiger partial charge in [0.25, 0.3) is 0 Å². The lowest BCUT2D eigenvalue weighted by atomic mass is 9.77. The molecule has 8 aliphatic heterocycles. The van der Waals surface area contributed by atoms with Gasteiger partial charge in [0.2, 0.25) is 0 Å². The predicted octanol–water partition coefficient (Wildman–Crippen LogP) is 19.8. The summed E-state index contributed by atoms with van der Waals surface area (Å²) >= 11 is 0. The van der Waals surface area contributed by atoms with Gasteiger partial charge in [-0.2, -0.15) is 0 Å². The molecule has 0 bridgehead atoms. The SMILES string of the molecule is CC1C(C)C(C)C(C)[N+]2(CCCCCC2)C(C)C1C.CC1CC(C)C(C)[N+]2(CCCCCC2)C(C)C1C.CC1CC(C)[N+]2(CCCCCC2)C(C)C(C)C1C.CC1C[N+]2(CCCCCC2)C(C)C(C)C(C)C1C.[CH3-].[CH3-].[CH3-].[CH3-]. The second kappa shape index (κ2) is 32.8. The van der Waals surface area contributed by atoms with Crippen LogP contribution in [-0.4, -0.2) is 119 Å². The quantitative estimate of drug-likeness (QED) is 0.168. The summed E-state index contributed by atoms with van der Waals surface area (Å²) in [6.45, 7) is 66.1. The minimum absolute atomic E-state index is 0. The second-order valence-corrected chi connectivity index (χ2v) is 30.4. The molecule has 0 saturated carbocycles. The average molecular weight is 1080 g/mol. The molecule has 0 N–H and O–H groups in total. The molecule has 0 aliphatic carbocycles. The normalized spacial score (nSPS) is 43.7. The number of hydrogen-bond donors (Lipinski definition) is 0. The molecule has 4 spiro atoms. The van der Waals surface area contributed by atoms with Crippen LogP contribution in [0, 0.1) is 113 Å². The summed E-state index contributed by atoms with van der Waals surface area (Å²) in [6, 6.07) is 6.01. The third kappa shape index (κ3) is 16.4. The maximum atomic E-state index is 2.56. The van der Waals surface area contributed by atoms with E-state index in [-0.39, 0.29) is 29.7 Å². The summed E-state index contributed by atoms with van der Waals surface area (Å²) in [7, 11) is 0. The Labute approximate surface area is 490 Å². The van der Waals surface area contributed by atoms with Crippen LogP contribution in [0.3, 0.4) is 0 Å². The first-order chi connectivity index (χ1) is 34.4. The second-order valence-electron chi connectivity index (χ2n) is 30.4. The van der Waals surface area contributed by atoms with Crippen LogP contribution in [0.25, 0.3) is 0 Å². The Hall–Kier alpha value is -0.160. The van der Waals surface area contributed by atoms with E-state index in [1.165, 1.54) is 192 Å². The lowest BCUT2D eigenvalue weighted by molar-refractivity contribution is -0.974. The highest BCUT2D eigenvalue weighted by Gasteiger charge is 2.52. The maximum Gasteiger partial charge on any atom is 0.0892 e. The van der Waals surface area contributed by atoms with Gasteiger partial charge >= 0.3 is 0 Å². The summed E-state index contributed by atoms with van der Waals surface area (Å²) in [5.41, 5.74) is 0. The van der Waals surface area contributed by atoms with Crippen molar-refractivity contribution in [2.24, 2.45) is 82.9 Å². The van der Waals surface area contributed by atoms with E-state index >= 15 is 0 Å². The molecule has 0 radical (unpaired) electrons. The van der Waals surface area contributed by atoms with Crippen molar-refractivity contribution >= 4 is 0 Å². The van der Waals surface area contributed by atoms with E-state index in [4.69, 9.17) is 0 Å². The van der Waals surface area contributed by atoms with Crippen LogP contribution in [0.4, 0.5) is 0 Å². The Kier molecular flexibility index (Phi) is 31.9. The van der Waals surface area contributed by atoms with Crippen molar-refractivity contribution in [3.63, 3.8) is 0 Å². The third-order valence-corrected chi connectivity index (χ3v) is 27.9. The Balaban J connectivity index is 0.000000505. The highest BCUT2D eigenvalue weighted by atomic mass is 15.4. The molecule has 8 saturated heterocycles. The summed E-state index contributed by atoms with van der Waals surface area (Å²) in [5.74, 6) is 12.4. The molecule has 21 unspecified atom stereocenters. The van der Waals surface area contributed by atoms with E-state index in [9.17, 15) is 0 Å². The number of quaternary nitrogens is 4. The van der Waals surface area contributed by atoms with Crippen LogP contribution in [0.15, 0.2) is 0 Å². The van der Waals surface area contributed by atoms with Gasteiger partial charge in [-0.15, -0.1) is 0 Å². The molecule has 8 fully saturated rings. The molecule has 4 nitrogen and oxygen atoms in total. The van der Waals surface area contributed by atoms with Gasteiger partial charge in [-0.05, 0) is 199 Å². The molecule has 4 heteroatoms. The summed E-state index contributed by atoms with van der Waals surface area (Å²) in [5, 5.41) is 0. The van der Waals surface area contributed by atoms with Crippen LogP contribution in [0.5, 0.6) is 0 Å². The topological polar surface area (TPSA) is 0 Å². The molecule has 77 heavy (non-hydrogen) atoms. The molecular formula is C73H150N4. The number of hydrogen-bond acceptors (Lipinski definition) is 0. The largest absolute Gasteiger partial charge is 0.358 e. The zero-order chi connectivity index (χ0) is 54.2. The van der Waals surface area contributed by atoms with Crippen molar-refractivity contribution in [3.05, 3.63) is 29.7 Å². The van der Waals surface area contributed by atoms with Crippen LogP contribution in [0.2, 0.25) is 0 Å². The summed E-state index contributed by atoms with van der Waals surface area (Å²) < 4.78 is 5.75. The van der Waals surface area contributed by atoms with Gasteiger partial charge in [0.05, 0.1) is 101 Å². The zero-order valence-electron chi connectivity index (χ0n) is 58.0. The fourth-order valence-corrected chi connectivity index (χ4v) is 19.8. The molecule has 0 aromatic heterocycles. The average Bonchev–Trinajstić information content (AvgIpc) is 4.03. The van der Waals surface area contributed by atoms with Gasteiger partial charge in [-0.1, -0.05) is 96.9 Å². The van der Waals surface area contributed by atoms with E-state index in [1.54, 1.807) is 0 Å². The Morgan fingerprint density at radius 1 is 0.208 bits per heavy atom. The number of nitrogens with zero attached hydrogens (tertiary/aromatic N) is 4.